The number of ether oxygens (including phenoxy) is 2. The van der Waals surface area contributed by atoms with Crippen LogP contribution in [-0.4, -0.2) is 26.1 Å². The second kappa shape index (κ2) is 5.99. The molecular weight excluding hydrogens is 170 g/mol. The molecule has 0 amide bonds. The quantitative estimate of drug-likeness (QED) is 0.287. The number of carbonyl (C=O) groups excluding carboxylic acids is 1. The average Bonchev–Trinajstić information content (AvgIpc) is 2.17. The van der Waals surface area contributed by atoms with Crippen molar-refractivity contribution in [1.29, 1.82) is 0 Å². The summed E-state index contributed by atoms with van der Waals surface area (Å²) in [4.78, 5) is 14.7. The Morgan fingerprint density at radius 2 is 2.00 bits per heavy atom. The number of carbonyl (C=O) groups is 1. The summed E-state index contributed by atoms with van der Waals surface area (Å²) in [6.07, 6.45) is 2.81. The first-order valence-electron chi connectivity index (χ1n) is 3.65. The number of hydrogen-bond acceptors (Lipinski definition) is 4. The molecule has 0 saturated heterocycles. The van der Waals surface area contributed by atoms with Crippen molar-refractivity contribution in [1.82, 2.24) is 0 Å². The lowest BCUT2D eigenvalue weighted by molar-refractivity contribution is -0.136. The zero-order valence-corrected chi connectivity index (χ0v) is 8.03. The summed E-state index contributed by atoms with van der Waals surface area (Å²) in [5.41, 5.74) is 0.402. The number of rotatable bonds is 3. The minimum atomic E-state index is -0.414. The molecule has 0 aromatic rings. The number of hydrogen-bond donors (Lipinski definition) is 0. The van der Waals surface area contributed by atoms with E-state index >= 15 is 0 Å². The summed E-state index contributed by atoms with van der Waals surface area (Å²) in [6.45, 7) is 5.08. The van der Waals surface area contributed by atoms with E-state index in [1.54, 1.807) is 6.92 Å². The molecule has 0 rings (SSSR count). The monoisotopic (exact) mass is 183 g/mol. The van der Waals surface area contributed by atoms with Crippen molar-refractivity contribution >= 4 is 11.9 Å². The molecule has 0 aliphatic carbocycles. The Kier molecular flexibility index (Phi) is 5.27. The van der Waals surface area contributed by atoms with E-state index in [4.69, 9.17) is 4.74 Å². The van der Waals surface area contributed by atoms with Gasteiger partial charge in [0.2, 0.25) is 5.90 Å². The van der Waals surface area contributed by atoms with Gasteiger partial charge in [-0.05, 0) is 13.0 Å². The molecule has 0 aromatic heterocycles. The summed E-state index contributed by atoms with van der Waals surface area (Å²) >= 11 is 0. The number of aliphatic imine (C=N–C) groups is 1. The highest BCUT2D eigenvalue weighted by Crippen LogP contribution is 1.96. The third-order valence-electron chi connectivity index (χ3n) is 1.28. The molecule has 13 heavy (non-hydrogen) atoms. The summed E-state index contributed by atoms with van der Waals surface area (Å²) < 4.78 is 9.27. The Morgan fingerprint density at radius 3 is 2.38 bits per heavy atom. The van der Waals surface area contributed by atoms with Crippen molar-refractivity contribution in [3.05, 3.63) is 24.4 Å². The molecule has 0 atom stereocenters. The van der Waals surface area contributed by atoms with Gasteiger partial charge in [-0.2, -0.15) is 0 Å². The molecule has 0 aliphatic heterocycles. The summed E-state index contributed by atoms with van der Waals surface area (Å²) in [6, 6.07) is 0. The zero-order chi connectivity index (χ0) is 10.3. The van der Waals surface area contributed by atoms with Gasteiger partial charge in [0.1, 0.15) is 0 Å². The van der Waals surface area contributed by atoms with E-state index in [1.807, 2.05) is 0 Å². The zero-order valence-electron chi connectivity index (χ0n) is 8.03. The van der Waals surface area contributed by atoms with Crippen LogP contribution in [0.2, 0.25) is 0 Å². The van der Waals surface area contributed by atoms with Gasteiger partial charge in [0.05, 0.1) is 19.8 Å². The van der Waals surface area contributed by atoms with E-state index in [0.29, 0.717) is 11.5 Å². The summed E-state index contributed by atoms with van der Waals surface area (Å²) in [5.74, 6) is -0.0634. The Balaban J connectivity index is 4.47. The molecule has 0 bridgehead atoms. The lowest BCUT2D eigenvalue weighted by atomic mass is 10.3. The molecule has 0 radical (unpaired) electrons. The van der Waals surface area contributed by atoms with Crippen LogP contribution in [-0.2, 0) is 14.3 Å². The van der Waals surface area contributed by atoms with Crippen molar-refractivity contribution < 1.29 is 14.3 Å². The number of nitrogens with zero attached hydrogens (tertiary/aromatic N) is 1. The first-order valence-corrected chi connectivity index (χ1v) is 3.65. The van der Waals surface area contributed by atoms with Gasteiger partial charge in [-0.1, -0.05) is 6.58 Å². The molecule has 0 fully saturated rings. The van der Waals surface area contributed by atoms with E-state index < -0.39 is 5.97 Å². The number of methoxy groups -OCH3 is 2. The highest BCUT2D eigenvalue weighted by atomic mass is 16.5. The summed E-state index contributed by atoms with van der Waals surface area (Å²) in [5, 5.41) is 0. The highest BCUT2D eigenvalue weighted by Gasteiger charge is 2.01. The van der Waals surface area contributed by atoms with E-state index in [9.17, 15) is 4.79 Å². The van der Waals surface area contributed by atoms with E-state index in [2.05, 4.69) is 16.3 Å². The van der Waals surface area contributed by atoms with E-state index in [-0.39, 0.29) is 0 Å². The fourth-order valence-corrected chi connectivity index (χ4v) is 0.563. The van der Waals surface area contributed by atoms with Gasteiger partial charge < -0.3 is 9.47 Å². The molecule has 0 aliphatic rings. The van der Waals surface area contributed by atoms with Crippen molar-refractivity contribution in [3.8, 4) is 0 Å². The molecule has 0 saturated carbocycles. The molecule has 4 heteroatoms. The van der Waals surface area contributed by atoms with Crippen LogP contribution in [0.1, 0.15) is 6.92 Å². The fourth-order valence-electron chi connectivity index (χ4n) is 0.563. The van der Waals surface area contributed by atoms with Crippen LogP contribution in [0.3, 0.4) is 0 Å². The Morgan fingerprint density at radius 1 is 1.38 bits per heavy atom. The first-order chi connectivity index (χ1) is 6.15. The minimum Gasteiger partial charge on any atom is -0.481 e. The lowest BCUT2D eigenvalue weighted by Gasteiger charge is -1.97. The maximum atomic E-state index is 10.9. The maximum absolute atomic E-state index is 10.9. The van der Waals surface area contributed by atoms with E-state index in [0.717, 1.165) is 0 Å². The van der Waals surface area contributed by atoms with Crippen LogP contribution < -0.4 is 0 Å². The lowest BCUT2D eigenvalue weighted by Crippen LogP contribution is -2.01. The Bertz CT molecular complexity index is 254. The van der Waals surface area contributed by atoms with Crippen LogP contribution in [0, 0.1) is 0 Å². The molecule has 0 heterocycles. The van der Waals surface area contributed by atoms with Gasteiger partial charge in [0.15, 0.2) is 0 Å². The third kappa shape index (κ3) is 4.10. The summed E-state index contributed by atoms with van der Waals surface area (Å²) in [7, 11) is 2.79. The van der Waals surface area contributed by atoms with Crippen LogP contribution >= 0.6 is 0 Å². The average molecular weight is 183 g/mol. The molecule has 0 spiro atoms. The van der Waals surface area contributed by atoms with Gasteiger partial charge in [-0.25, -0.2) is 9.79 Å². The second-order valence-electron chi connectivity index (χ2n) is 2.18. The predicted molar refractivity (Wildman–Crippen MR) is 50.4 cm³/mol. The molecule has 72 valence electrons. The third-order valence-corrected chi connectivity index (χ3v) is 1.28. The SMILES string of the molecule is C=CC(=N/C=C(\C)C(=O)OC)OC. The normalized spacial score (nSPS) is 12.2. The molecule has 0 N–H and O–H groups in total. The van der Waals surface area contributed by atoms with Crippen molar-refractivity contribution in [3.63, 3.8) is 0 Å². The van der Waals surface area contributed by atoms with E-state index in [1.165, 1.54) is 26.5 Å². The van der Waals surface area contributed by atoms with Crippen molar-refractivity contribution in [2.24, 2.45) is 4.99 Å². The number of esters is 1. The van der Waals surface area contributed by atoms with Crippen molar-refractivity contribution in [2.75, 3.05) is 14.2 Å². The highest BCUT2D eigenvalue weighted by molar-refractivity contribution is 5.90. The van der Waals surface area contributed by atoms with Gasteiger partial charge in [-0.3, -0.25) is 0 Å². The van der Waals surface area contributed by atoms with Crippen LogP contribution in [0.25, 0.3) is 0 Å². The van der Waals surface area contributed by atoms with Gasteiger partial charge >= 0.3 is 5.97 Å². The predicted octanol–water partition coefficient (Wildman–Crippen LogP) is 1.29. The second-order valence-corrected chi connectivity index (χ2v) is 2.18. The minimum absolute atomic E-state index is 0.350. The maximum Gasteiger partial charge on any atom is 0.334 e. The first kappa shape index (κ1) is 11.4. The molecule has 0 aromatic carbocycles. The van der Waals surface area contributed by atoms with Crippen molar-refractivity contribution in [2.45, 2.75) is 6.92 Å². The fraction of sp³-hybridized carbons (Fsp3) is 0.333. The van der Waals surface area contributed by atoms with Gasteiger partial charge in [0.25, 0.3) is 0 Å². The standard InChI is InChI=1S/C9H13NO3/c1-5-8(12-3)10-6-7(2)9(11)13-4/h5-6H,1H2,2-4H3/b7-6+,10-8?. The van der Waals surface area contributed by atoms with Crippen LogP contribution in [0.15, 0.2) is 29.4 Å². The Hall–Kier alpha value is -1.58. The van der Waals surface area contributed by atoms with Gasteiger partial charge in [-0.15, -0.1) is 0 Å². The smallest absolute Gasteiger partial charge is 0.334 e. The largest absolute Gasteiger partial charge is 0.481 e. The molecular formula is C9H13NO3. The molecule has 0 unspecified atom stereocenters. The van der Waals surface area contributed by atoms with Crippen LogP contribution in [0.4, 0.5) is 0 Å². The van der Waals surface area contributed by atoms with Crippen LogP contribution in [0.5, 0.6) is 0 Å². The topological polar surface area (TPSA) is 47.9 Å². The van der Waals surface area contributed by atoms with Gasteiger partial charge in [0, 0.05) is 6.20 Å². The molecule has 4 nitrogen and oxygen atoms in total. The Labute approximate surface area is 77.6 Å².